The van der Waals surface area contributed by atoms with Crippen LogP contribution in [-0.4, -0.2) is 9.78 Å². The first-order valence-electron chi connectivity index (χ1n) is 6.61. The summed E-state index contributed by atoms with van der Waals surface area (Å²) >= 11 is 0. The summed E-state index contributed by atoms with van der Waals surface area (Å²) in [7, 11) is 0. The van der Waals surface area contributed by atoms with Crippen molar-refractivity contribution < 1.29 is 0 Å². The molecule has 94 valence electrons. The van der Waals surface area contributed by atoms with Gasteiger partial charge in [0.2, 0.25) is 0 Å². The van der Waals surface area contributed by atoms with Gasteiger partial charge in [0.05, 0.1) is 6.20 Å². The molecular weight excluding hydrogens is 222 g/mol. The Morgan fingerprint density at radius 1 is 1.28 bits per heavy atom. The lowest BCUT2D eigenvalue weighted by Gasteiger charge is -2.05. The number of hydrogen-bond donors (Lipinski definition) is 1. The molecule has 1 aliphatic carbocycles. The summed E-state index contributed by atoms with van der Waals surface area (Å²) in [6.45, 7) is 3.07. The Morgan fingerprint density at radius 3 is 2.61 bits per heavy atom. The fourth-order valence-electron chi connectivity index (χ4n) is 2.16. The zero-order valence-corrected chi connectivity index (χ0v) is 10.7. The van der Waals surface area contributed by atoms with Crippen molar-refractivity contribution in [1.82, 2.24) is 9.78 Å². The lowest BCUT2D eigenvalue weighted by molar-refractivity contribution is 0.563. The molecule has 1 aromatic carbocycles. The highest BCUT2D eigenvalue weighted by molar-refractivity contribution is 5.62. The lowest BCUT2D eigenvalue weighted by atomic mass is 10.0. The van der Waals surface area contributed by atoms with Crippen molar-refractivity contribution in [2.24, 2.45) is 11.7 Å². The van der Waals surface area contributed by atoms with Gasteiger partial charge in [-0.25, -0.2) is 0 Å². The lowest BCUT2D eigenvalue weighted by Crippen LogP contribution is -2.04. The van der Waals surface area contributed by atoms with Crippen LogP contribution >= 0.6 is 0 Å². The first kappa shape index (κ1) is 11.5. The summed E-state index contributed by atoms with van der Waals surface area (Å²) in [4.78, 5) is 0. The van der Waals surface area contributed by atoms with E-state index in [1.54, 1.807) is 0 Å². The molecule has 0 amide bonds. The maximum Gasteiger partial charge on any atom is 0.0568 e. The van der Waals surface area contributed by atoms with E-state index in [9.17, 15) is 0 Å². The highest BCUT2D eigenvalue weighted by Crippen LogP contribution is 2.31. The van der Waals surface area contributed by atoms with E-state index in [0.29, 0.717) is 0 Å². The Morgan fingerprint density at radius 2 is 2.00 bits per heavy atom. The van der Waals surface area contributed by atoms with E-state index in [2.05, 4.69) is 40.2 Å². The number of benzene rings is 1. The number of nitrogens with zero attached hydrogens (tertiary/aromatic N) is 2. The van der Waals surface area contributed by atoms with Gasteiger partial charge in [0.25, 0.3) is 0 Å². The molecule has 0 aliphatic heterocycles. The Kier molecular flexibility index (Phi) is 2.92. The maximum absolute atomic E-state index is 5.85. The van der Waals surface area contributed by atoms with Crippen LogP contribution in [0.3, 0.4) is 0 Å². The van der Waals surface area contributed by atoms with Crippen LogP contribution < -0.4 is 5.73 Å². The molecule has 1 saturated carbocycles. The van der Waals surface area contributed by atoms with Gasteiger partial charge in [-0.2, -0.15) is 5.10 Å². The van der Waals surface area contributed by atoms with E-state index < -0.39 is 0 Å². The van der Waals surface area contributed by atoms with Crippen molar-refractivity contribution in [3.63, 3.8) is 0 Å². The average Bonchev–Trinajstić information content (AvgIpc) is 3.05. The minimum absolute atomic E-state index is 0.0941. The summed E-state index contributed by atoms with van der Waals surface area (Å²) in [6, 6.07) is 8.53. The van der Waals surface area contributed by atoms with Crippen LogP contribution in [0.5, 0.6) is 0 Å². The fraction of sp³-hybridized carbons (Fsp3) is 0.400. The number of hydrogen-bond acceptors (Lipinski definition) is 2. The summed E-state index contributed by atoms with van der Waals surface area (Å²) in [5.74, 6) is 0.859. The molecule has 3 heteroatoms. The van der Waals surface area contributed by atoms with Crippen LogP contribution in [-0.2, 0) is 6.54 Å². The second kappa shape index (κ2) is 4.58. The van der Waals surface area contributed by atoms with Gasteiger partial charge in [0.1, 0.15) is 0 Å². The molecule has 0 spiro atoms. The summed E-state index contributed by atoms with van der Waals surface area (Å²) < 4.78 is 2.06. The first-order valence-corrected chi connectivity index (χ1v) is 6.61. The third-order valence-corrected chi connectivity index (χ3v) is 3.55. The molecule has 3 rings (SSSR count). The predicted molar refractivity (Wildman–Crippen MR) is 73.0 cm³/mol. The van der Waals surface area contributed by atoms with Gasteiger partial charge >= 0.3 is 0 Å². The molecule has 1 fully saturated rings. The van der Waals surface area contributed by atoms with Crippen LogP contribution in [0.1, 0.15) is 31.4 Å². The standard InChI is InChI=1S/C15H19N3/c1-11(16)13-4-6-14(7-5-13)15-8-17-18(10-15)9-12-2-3-12/h4-8,10-12H,2-3,9,16H2,1H3. The second-order valence-corrected chi connectivity index (χ2v) is 5.31. The van der Waals surface area contributed by atoms with Gasteiger partial charge in [0, 0.05) is 24.3 Å². The zero-order valence-electron chi connectivity index (χ0n) is 10.7. The Bertz CT molecular complexity index is 521. The van der Waals surface area contributed by atoms with Crippen LogP contribution in [0, 0.1) is 5.92 Å². The van der Waals surface area contributed by atoms with E-state index in [4.69, 9.17) is 5.73 Å². The van der Waals surface area contributed by atoms with Crippen LogP contribution in [0.15, 0.2) is 36.7 Å². The summed E-state index contributed by atoms with van der Waals surface area (Å²) in [5, 5.41) is 4.42. The van der Waals surface area contributed by atoms with Gasteiger partial charge in [0.15, 0.2) is 0 Å². The van der Waals surface area contributed by atoms with E-state index in [0.717, 1.165) is 12.5 Å². The highest BCUT2D eigenvalue weighted by Gasteiger charge is 2.21. The molecule has 18 heavy (non-hydrogen) atoms. The Balaban J connectivity index is 1.78. The van der Waals surface area contributed by atoms with Gasteiger partial charge in [-0.05, 0) is 36.8 Å². The first-order chi connectivity index (χ1) is 8.72. The van der Waals surface area contributed by atoms with Crippen molar-refractivity contribution in [2.45, 2.75) is 32.4 Å². The fourth-order valence-corrected chi connectivity index (χ4v) is 2.16. The third kappa shape index (κ3) is 2.46. The molecule has 1 atom stereocenters. The molecule has 2 aromatic rings. The van der Waals surface area contributed by atoms with Crippen molar-refractivity contribution in [3.8, 4) is 11.1 Å². The highest BCUT2D eigenvalue weighted by atomic mass is 15.3. The molecule has 1 aromatic heterocycles. The van der Waals surface area contributed by atoms with E-state index in [1.165, 1.54) is 29.5 Å². The van der Waals surface area contributed by atoms with Crippen molar-refractivity contribution in [1.29, 1.82) is 0 Å². The quantitative estimate of drug-likeness (QED) is 0.894. The average molecular weight is 241 g/mol. The monoisotopic (exact) mass is 241 g/mol. The second-order valence-electron chi connectivity index (χ2n) is 5.31. The van der Waals surface area contributed by atoms with E-state index >= 15 is 0 Å². The molecular formula is C15H19N3. The zero-order chi connectivity index (χ0) is 12.5. The SMILES string of the molecule is CC(N)c1ccc(-c2cnn(CC3CC3)c2)cc1. The third-order valence-electron chi connectivity index (χ3n) is 3.55. The number of nitrogens with two attached hydrogens (primary N) is 1. The van der Waals surface area contributed by atoms with Crippen LogP contribution in [0.4, 0.5) is 0 Å². The summed E-state index contributed by atoms with van der Waals surface area (Å²) in [5.41, 5.74) is 9.42. The molecule has 0 radical (unpaired) electrons. The van der Waals surface area contributed by atoms with Crippen molar-refractivity contribution in [3.05, 3.63) is 42.2 Å². The normalized spacial score (nSPS) is 16.8. The van der Waals surface area contributed by atoms with Crippen LogP contribution in [0.2, 0.25) is 0 Å². The van der Waals surface area contributed by atoms with Gasteiger partial charge in [-0.3, -0.25) is 4.68 Å². The van der Waals surface area contributed by atoms with Gasteiger partial charge in [-0.1, -0.05) is 24.3 Å². The molecule has 0 bridgehead atoms. The molecule has 3 nitrogen and oxygen atoms in total. The molecule has 1 heterocycles. The largest absolute Gasteiger partial charge is 0.324 e. The molecule has 0 saturated heterocycles. The van der Waals surface area contributed by atoms with Crippen molar-refractivity contribution >= 4 is 0 Å². The van der Waals surface area contributed by atoms with Crippen LogP contribution in [0.25, 0.3) is 11.1 Å². The minimum Gasteiger partial charge on any atom is -0.324 e. The molecule has 1 unspecified atom stereocenters. The molecule has 2 N–H and O–H groups in total. The summed E-state index contributed by atoms with van der Waals surface area (Å²) in [6.07, 6.45) is 6.80. The van der Waals surface area contributed by atoms with Crippen molar-refractivity contribution in [2.75, 3.05) is 0 Å². The topological polar surface area (TPSA) is 43.8 Å². The smallest absolute Gasteiger partial charge is 0.0568 e. The Labute approximate surface area is 108 Å². The van der Waals surface area contributed by atoms with Gasteiger partial charge in [-0.15, -0.1) is 0 Å². The minimum atomic E-state index is 0.0941. The number of rotatable bonds is 4. The maximum atomic E-state index is 5.85. The van der Waals surface area contributed by atoms with E-state index in [-0.39, 0.29) is 6.04 Å². The predicted octanol–water partition coefficient (Wildman–Crippen LogP) is 2.98. The number of aromatic nitrogens is 2. The van der Waals surface area contributed by atoms with E-state index in [1.807, 2.05) is 13.1 Å². The molecule has 1 aliphatic rings. The van der Waals surface area contributed by atoms with Gasteiger partial charge < -0.3 is 5.73 Å². The Hall–Kier alpha value is -1.61.